The molecule has 7 heteroatoms. The van der Waals surface area contributed by atoms with E-state index in [1.54, 1.807) is 12.1 Å². The maximum atomic E-state index is 12.4. The lowest BCUT2D eigenvalue weighted by atomic mass is 10.1. The van der Waals surface area contributed by atoms with E-state index >= 15 is 0 Å². The van der Waals surface area contributed by atoms with Gasteiger partial charge < -0.3 is 10.1 Å². The van der Waals surface area contributed by atoms with Gasteiger partial charge in [0.1, 0.15) is 5.75 Å². The summed E-state index contributed by atoms with van der Waals surface area (Å²) in [7, 11) is -3.52. The molecule has 0 spiro atoms. The highest BCUT2D eigenvalue weighted by Crippen LogP contribution is 2.21. The van der Waals surface area contributed by atoms with Crippen LogP contribution in [0.5, 0.6) is 5.75 Å². The molecule has 3 rings (SSSR count). The minimum Gasteiger partial charge on any atom is -0.484 e. The van der Waals surface area contributed by atoms with Crippen LogP contribution in [0.1, 0.15) is 36.8 Å². The molecule has 2 aromatic carbocycles. The number of carbonyl (C=O) groups is 1. The lowest BCUT2D eigenvalue weighted by Gasteiger charge is -2.13. The third-order valence-electron chi connectivity index (χ3n) is 4.75. The summed E-state index contributed by atoms with van der Waals surface area (Å²) in [6.07, 6.45) is 3.90. The van der Waals surface area contributed by atoms with Gasteiger partial charge in [-0.2, -0.15) is 0 Å². The smallest absolute Gasteiger partial charge is 0.258 e. The van der Waals surface area contributed by atoms with E-state index in [2.05, 4.69) is 10.0 Å². The molecule has 150 valence electrons. The van der Waals surface area contributed by atoms with Crippen molar-refractivity contribution in [2.75, 3.05) is 6.61 Å². The Morgan fingerprint density at radius 1 is 1.11 bits per heavy atom. The predicted molar refractivity (Wildman–Crippen MR) is 108 cm³/mol. The first kappa shape index (κ1) is 20.4. The number of sulfonamides is 1. The fourth-order valence-electron chi connectivity index (χ4n) is 3.27. The first-order valence-corrected chi connectivity index (χ1v) is 11.0. The summed E-state index contributed by atoms with van der Waals surface area (Å²) < 4.78 is 33.0. The Morgan fingerprint density at radius 2 is 1.82 bits per heavy atom. The van der Waals surface area contributed by atoms with Crippen molar-refractivity contribution in [3.63, 3.8) is 0 Å². The Hall–Kier alpha value is -2.38. The van der Waals surface area contributed by atoms with Gasteiger partial charge in [-0.05, 0) is 49.6 Å². The average Bonchev–Trinajstić information content (AvgIpc) is 3.17. The van der Waals surface area contributed by atoms with E-state index in [9.17, 15) is 13.2 Å². The number of hydrogen-bond acceptors (Lipinski definition) is 4. The van der Waals surface area contributed by atoms with Crippen molar-refractivity contribution in [3.8, 4) is 5.75 Å². The minimum atomic E-state index is -3.52. The van der Waals surface area contributed by atoms with Crippen LogP contribution in [-0.4, -0.2) is 27.0 Å². The van der Waals surface area contributed by atoms with Crippen LogP contribution in [0.3, 0.4) is 0 Å². The molecule has 0 aromatic heterocycles. The SMILES string of the molecule is Cc1cccc(CNC(=O)COc2ccc(S(=O)(=O)NC3CCCC3)cc2)c1. The number of aryl methyl sites for hydroxylation is 1. The highest BCUT2D eigenvalue weighted by Gasteiger charge is 2.22. The van der Waals surface area contributed by atoms with Crippen LogP contribution in [0, 0.1) is 6.92 Å². The summed E-state index contributed by atoms with van der Waals surface area (Å²) in [5, 5.41) is 2.80. The highest BCUT2D eigenvalue weighted by molar-refractivity contribution is 7.89. The van der Waals surface area contributed by atoms with Gasteiger partial charge in [0.15, 0.2) is 6.61 Å². The lowest BCUT2D eigenvalue weighted by Crippen LogP contribution is -2.32. The van der Waals surface area contributed by atoms with E-state index in [1.165, 1.54) is 12.1 Å². The molecule has 0 atom stereocenters. The fraction of sp³-hybridized carbons (Fsp3) is 0.381. The van der Waals surface area contributed by atoms with Gasteiger partial charge in [0.2, 0.25) is 10.0 Å². The van der Waals surface area contributed by atoms with Gasteiger partial charge in [0.05, 0.1) is 4.90 Å². The second-order valence-electron chi connectivity index (χ2n) is 7.13. The third-order valence-corrected chi connectivity index (χ3v) is 6.29. The van der Waals surface area contributed by atoms with E-state index in [1.807, 2.05) is 31.2 Å². The quantitative estimate of drug-likeness (QED) is 0.711. The van der Waals surface area contributed by atoms with Gasteiger partial charge >= 0.3 is 0 Å². The molecule has 6 nitrogen and oxygen atoms in total. The normalized spacial score (nSPS) is 14.8. The third kappa shape index (κ3) is 5.81. The van der Waals surface area contributed by atoms with Gasteiger partial charge in [-0.25, -0.2) is 13.1 Å². The molecule has 2 aromatic rings. The topological polar surface area (TPSA) is 84.5 Å². The number of hydrogen-bond donors (Lipinski definition) is 2. The zero-order chi connectivity index (χ0) is 20.0. The Kier molecular flexibility index (Phi) is 6.70. The summed E-state index contributed by atoms with van der Waals surface area (Å²) in [6, 6.07) is 14.1. The lowest BCUT2D eigenvalue weighted by molar-refractivity contribution is -0.123. The van der Waals surface area contributed by atoms with Crippen LogP contribution in [0.15, 0.2) is 53.4 Å². The molecule has 2 N–H and O–H groups in total. The van der Waals surface area contributed by atoms with Gasteiger partial charge in [-0.15, -0.1) is 0 Å². The molecule has 1 saturated carbocycles. The van der Waals surface area contributed by atoms with Crippen molar-refractivity contribution in [2.24, 2.45) is 0 Å². The van der Waals surface area contributed by atoms with Crippen molar-refractivity contribution < 1.29 is 17.9 Å². The highest BCUT2D eigenvalue weighted by atomic mass is 32.2. The average molecular weight is 403 g/mol. The Morgan fingerprint density at radius 3 is 2.50 bits per heavy atom. The zero-order valence-corrected chi connectivity index (χ0v) is 16.8. The predicted octanol–water partition coefficient (Wildman–Crippen LogP) is 2.91. The maximum Gasteiger partial charge on any atom is 0.258 e. The van der Waals surface area contributed by atoms with Gasteiger partial charge in [-0.3, -0.25) is 4.79 Å². The maximum absolute atomic E-state index is 12.4. The second-order valence-corrected chi connectivity index (χ2v) is 8.84. The van der Waals surface area contributed by atoms with Crippen LogP contribution >= 0.6 is 0 Å². The Balaban J connectivity index is 1.47. The zero-order valence-electron chi connectivity index (χ0n) is 16.0. The first-order valence-electron chi connectivity index (χ1n) is 9.50. The number of rotatable bonds is 8. The number of nitrogens with one attached hydrogen (secondary N) is 2. The van der Waals surface area contributed by atoms with Crippen LogP contribution in [0.25, 0.3) is 0 Å². The number of carbonyl (C=O) groups excluding carboxylic acids is 1. The Bertz CT molecular complexity index is 904. The molecule has 28 heavy (non-hydrogen) atoms. The summed E-state index contributed by atoms with van der Waals surface area (Å²) in [5.74, 6) is 0.214. The molecule has 1 fully saturated rings. The number of benzene rings is 2. The van der Waals surface area contributed by atoms with Crippen molar-refractivity contribution in [3.05, 3.63) is 59.7 Å². The van der Waals surface area contributed by atoms with Crippen molar-refractivity contribution in [1.29, 1.82) is 0 Å². The molecule has 0 saturated heterocycles. The molecule has 1 aliphatic carbocycles. The standard InChI is InChI=1S/C21H26N2O4S/c1-16-5-4-6-17(13-16)14-22-21(24)15-27-19-9-11-20(12-10-19)28(25,26)23-18-7-2-3-8-18/h4-6,9-13,18,23H,2-3,7-8,14-15H2,1H3,(H,22,24). The minimum absolute atomic E-state index is 0.0259. The Labute approximate surface area is 166 Å². The molecule has 0 radical (unpaired) electrons. The molecule has 0 unspecified atom stereocenters. The largest absolute Gasteiger partial charge is 0.484 e. The first-order chi connectivity index (χ1) is 13.4. The number of amides is 1. The molecule has 0 heterocycles. The molecular weight excluding hydrogens is 376 g/mol. The summed E-state index contributed by atoms with van der Waals surface area (Å²) >= 11 is 0. The monoisotopic (exact) mass is 402 g/mol. The van der Waals surface area contributed by atoms with Crippen LogP contribution < -0.4 is 14.8 Å². The van der Waals surface area contributed by atoms with E-state index in [-0.39, 0.29) is 23.5 Å². The van der Waals surface area contributed by atoms with Crippen LogP contribution in [0.4, 0.5) is 0 Å². The molecule has 1 amide bonds. The summed E-state index contributed by atoms with van der Waals surface area (Å²) in [4.78, 5) is 12.2. The van der Waals surface area contributed by atoms with Crippen LogP contribution in [-0.2, 0) is 21.4 Å². The van der Waals surface area contributed by atoms with Crippen molar-refractivity contribution >= 4 is 15.9 Å². The molecular formula is C21H26N2O4S. The van der Waals surface area contributed by atoms with E-state index in [0.29, 0.717) is 12.3 Å². The van der Waals surface area contributed by atoms with Gasteiger partial charge in [0, 0.05) is 12.6 Å². The van der Waals surface area contributed by atoms with Gasteiger partial charge in [0.25, 0.3) is 5.91 Å². The van der Waals surface area contributed by atoms with Gasteiger partial charge in [-0.1, -0.05) is 42.7 Å². The molecule has 0 bridgehead atoms. The van der Waals surface area contributed by atoms with Crippen LogP contribution in [0.2, 0.25) is 0 Å². The number of ether oxygens (including phenoxy) is 1. The van der Waals surface area contributed by atoms with E-state index in [0.717, 1.165) is 36.8 Å². The second kappa shape index (κ2) is 9.21. The molecule has 1 aliphatic rings. The fourth-order valence-corrected chi connectivity index (χ4v) is 4.57. The van der Waals surface area contributed by atoms with Crippen molar-refractivity contribution in [2.45, 2.75) is 50.1 Å². The summed E-state index contributed by atoms with van der Waals surface area (Å²) in [6.45, 7) is 2.31. The van der Waals surface area contributed by atoms with Crippen molar-refractivity contribution in [1.82, 2.24) is 10.0 Å². The molecule has 0 aliphatic heterocycles. The summed E-state index contributed by atoms with van der Waals surface area (Å²) in [5.41, 5.74) is 2.16. The van der Waals surface area contributed by atoms with E-state index in [4.69, 9.17) is 4.74 Å². The van der Waals surface area contributed by atoms with E-state index < -0.39 is 10.0 Å².